The van der Waals surface area contributed by atoms with E-state index in [1.165, 1.54) is 5.56 Å². The molecule has 0 radical (unpaired) electrons. The van der Waals surface area contributed by atoms with E-state index in [1.54, 1.807) is 0 Å². The van der Waals surface area contributed by atoms with E-state index in [2.05, 4.69) is 43.4 Å². The Morgan fingerprint density at radius 2 is 1.76 bits per heavy atom. The smallest absolute Gasteiger partial charge is 0.0976 e. The molecule has 3 rings (SSSR count). The van der Waals surface area contributed by atoms with Crippen LogP contribution >= 0.6 is 11.6 Å². The summed E-state index contributed by atoms with van der Waals surface area (Å²) in [7, 11) is 0. The van der Waals surface area contributed by atoms with Crippen molar-refractivity contribution in [1.29, 1.82) is 0 Å². The number of nitrogens with one attached hydrogen (secondary N) is 1. The second-order valence-electron chi connectivity index (χ2n) is 5.91. The summed E-state index contributed by atoms with van der Waals surface area (Å²) < 4.78 is 6.18. The van der Waals surface area contributed by atoms with Gasteiger partial charge in [0.05, 0.1) is 18.2 Å². The fraction of sp³-hybridized carbons (Fsp3) is 0.333. The molecule has 0 aliphatic carbocycles. The number of ether oxygens (including phenoxy) is 1. The zero-order chi connectivity index (χ0) is 14.9. The third kappa shape index (κ3) is 2.98. The monoisotopic (exact) mass is 301 g/mol. The van der Waals surface area contributed by atoms with Crippen molar-refractivity contribution in [1.82, 2.24) is 5.32 Å². The summed E-state index contributed by atoms with van der Waals surface area (Å²) in [6, 6.07) is 18.6. The Hall–Kier alpha value is -1.35. The van der Waals surface area contributed by atoms with Crippen LogP contribution in [0.15, 0.2) is 54.6 Å². The van der Waals surface area contributed by atoms with Crippen molar-refractivity contribution in [2.45, 2.75) is 31.5 Å². The number of morpholine rings is 1. The summed E-state index contributed by atoms with van der Waals surface area (Å²) in [5.74, 6) is 0. The van der Waals surface area contributed by atoms with Crippen molar-refractivity contribution in [3.05, 3.63) is 70.7 Å². The van der Waals surface area contributed by atoms with Crippen LogP contribution < -0.4 is 5.32 Å². The van der Waals surface area contributed by atoms with Crippen molar-refractivity contribution in [2.24, 2.45) is 0 Å². The summed E-state index contributed by atoms with van der Waals surface area (Å²) in [6.45, 7) is 5.01. The molecule has 0 amide bonds. The molecule has 110 valence electrons. The number of rotatable bonds is 2. The first kappa shape index (κ1) is 14.6. The molecule has 0 bridgehead atoms. The minimum Gasteiger partial charge on any atom is -0.370 e. The number of benzene rings is 2. The van der Waals surface area contributed by atoms with Gasteiger partial charge in [-0.25, -0.2) is 0 Å². The first-order valence-electron chi connectivity index (χ1n) is 7.29. The maximum Gasteiger partial charge on any atom is 0.0976 e. The van der Waals surface area contributed by atoms with Crippen LogP contribution in [0.4, 0.5) is 0 Å². The minimum atomic E-state index is -0.149. The van der Waals surface area contributed by atoms with Crippen LogP contribution in [0.1, 0.15) is 31.1 Å². The summed E-state index contributed by atoms with van der Waals surface area (Å²) >= 11 is 5.96. The molecule has 3 atom stereocenters. The predicted molar refractivity (Wildman–Crippen MR) is 86.5 cm³/mol. The highest BCUT2D eigenvalue weighted by Crippen LogP contribution is 2.33. The number of halogens is 1. The molecule has 1 heterocycles. The SMILES string of the molecule is CC1NC(C)(c2ccccc2)COC1c1ccc(Cl)cc1. The molecule has 1 aliphatic heterocycles. The molecule has 0 saturated carbocycles. The molecule has 1 aliphatic rings. The maximum atomic E-state index is 6.18. The van der Waals surface area contributed by atoms with Gasteiger partial charge in [-0.05, 0) is 37.1 Å². The van der Waals surface area contributed by atoms with Gasteiger partial charge >= 0.3 is 0 Å². The average Bonchev–Trinajstić information content (AvgIpc) is 2.50. The van der Waals surface area contributed by atoms with Crippen LogP contribution in [0.25, 0.3) is 0 Å². The van der Waals surface area contributed by atoms with Crippen molar-refractivity contribution in [3.8, 4) is 0 Å². The molecule has 1 N–H and O–H groups in total. The van der Waals surface area contributed by atoms with Gasteiger partial charge in [0.2, 0.25) is 0 Å². The molecular formula is C18H20ClNO. The fourth-order valence-electron chi connectivity index (χ4n) is 3.03. The maximum absolute atomic E-state index is 6.18. The molecule has 1 fully saturated rings. The van der Waals surface area contributed by atoms with Crippen LogP contribution in [-0.4, -0.2) is 12.6 Å². The molecule has 3 heteroatoms. The number of hydrogen-bond donors (Lipinski definition) is 1. The van der Waals surface area contributed by atoms with E-state index in [-0.39, 0.29) is 17.7 Å². The quantitative estimate of drug-likeness (QED) is 0.892. The topological polar surface area (TPSA) is 21.3 Å². The van der Waals surface area contributed by atoms with Crippen molar-refractivity contribution < 1.29 is 4.74 Å². The van der Waals surface area contributed by atoms with Gasteiger partial charge < -0.3 is 10.1 Å². The third-order valence-corrected chi connectivity index (χ3v) is 4.41. The van der Waals surface area contributed by atoms with Gasteiger partial charge in [-0.2, -0.15) is 0 Å². The molecule has 0 spiro atoms. The lowest BCUT2D eigenvalue weighted by molar-refractivity contribution is -0.0573. The zero-order valence-corrected chi connectivity index (χ0v) is 13.1. The largest absolute Gasteiger partial charge is 0.370 e. The Labute approximate surface area is 131 Å². The highest BCUT2D eigenvalue weighted by Gasteiger charge is 2.37. The van der Waals surface area contributed by atoms with E-state index in [0.29, 0.717) is 6.61 Å². The Morgan fingerprint density at radius 1 is 1.10 bits per heavy atom. The Kier molecular flexibility index (Phi) is 4.03. The molecule has 0 aromatic heterocycles. The van der Waals surface area contributed by atoms with Gasteiger partial charge in [0.1, 0.15) is 0 Å². The summed E-state index contributed by atoms with van der Waals surface area (Å²) in [6.07, 6.45) is 0.0547. The van der Waals surface area contributed by atoms with Crippen LogP contribution in [0.5, 0.6) is 0 Å². The van der Waals surface area contributed by atoms with E-state index in [9.17, 15) is 0 Å². The van der Waals surface area contributed by atoms with Crippen molar-refractivity contribution in [2.75, 3.05) is 6.61 Å². The fourth-order valence-corrected chi connectivity index (χ4v) is 3.16. The summed E-state index contributed by atoms with van der Waals surface area (Å²) in [4.78, 5) is 0. The summed E-state index contributed by atoms with van der Waals surface area (Å²) in [5.41, 5.74) is 2.27. The predicted octanol–water partition coefficient (Wildman–Crippen LogP) is 4.30. The molecule has 2 aromatic rings. The first-order valence-corrected chi connectivity index (χ1v) is 7.66. The van der Waals surface area contributed by atoms with Crippen LogP contribution in [-0.2, 0) is 10.3 Å². The Morgan fingerprint density at radius 3 is 2.38 bits per heavy atom. The molecular weight excluding hydrogens is 282 g/mol. The zero-order valence-electron chi connectivity index (χ0n) is 12.3. The third-order valence-electron chi connectivity index (χ3n) is 4.16. The molecule has 3 unspecified atom stereocenters. The van der Waals surface area contributed by atoms with E-state index in [1.807, 2.05) is 30.3 Å². The van der Waals surface area contributed by atoms with Gasteiger partial charge in [-0.15, -0.1) is 0 Å². The Balaban J connectivity index is 1.79. The molecule has 1 saturated heterocycles. The van der Waals surface area contributed by atoms with Crippen LogP contribution in [0.2, 0.25) is 5.02 Å². The van der Waals surface area contributed by atoms with E-state index < -0.39 is 0 Å². The average molecular weight is 302 g/mol. The second kappa shape index (κ2) is 5.80. The highest BCUT2D eigenvalue weighted by atomic mass is 35.5. The second-order valence-corrected chi connectivity index (χ2v) is 6.35. The molecule has 2 nitrogen and oxygen atoms in total. The van der Waals surface area contributed by atoms with E-state index in [0.717, 1.165) is 10.6 Å². The van der Waals surface area contributed by atoms with Crippen molar-refractivity contribution in [3.63, 3.8) is 0 Å². The lowest BCUT2D eigenvalue weighted by atomic mass is 9.88. The normalized spacial score (nSPS) is 29.3. The van der Waals surface area contributed by atoms with Crippen LogP contribution in [0, 0.1) is 0 Å². The number of hydrogen-bond acceptors (Lipinski definition) is 2. The standard InChI is InChI=1S/C18H20ClNO/c1-13-17(14-8-10-16(19)11-9-14)21-12-18(2,20-13)15-6-4-3-5-7-15/h3-11,13,17,20H,12H2,1-2H3. The van der Waals surface area contributed by atoms with Gasteiger partial charge in [0.15, 0.2) is 0 Å². The molecule has 2 aromatic carbocycles. The Bertz CT molecular complexity index is 598. The van der Waals surface area contributed by atoms with Crippen LogP contribution in [0.3, 0.4) is 0 Å². The van der Waals surface area contributed by atoms with E-state index in [4.69, 9.17) is 16.3 Å². The van der Waals surface area contributed by atoms with Crippen molar-refractivity contribution >= 4 is 11.6 Å². The van der Waals surface area contributed by atoms with Gasteiger partial charge in [-0.3, -0.25) is 0 Å². The minimum absolute atomic E-state index is 0.0547. The van der Waals surface area contributed by atoms with Gasteiger partial charge in [-0.1, -0.05) is 54.1 Å². The first-order chi connectivity index (χ1) is 10.1. The molecule has 21 heavy (non-hydrogen) atoms. The summed E-state index contributed by atoms with van der Waals surface area (Å²) in [5, 5.41) is 4.47. The van der Waals surface area contributed by atoms with Gasteiger partial charge in [0, 0.05) is 11.1 Å². The van der Waals surface area contributed by atoms with Gasteiger partial charge in [0.25, 0.3) is 0 Å². The van der Waals surface area contributed by atoms with E-state index >= 15 is 0 Å². The highest BCUT2D eigenvalue weighted by molar-refractivity contribution is 6.30. The lowest BCUT2D eigenvalue weighted by Crippen LogP contribution is -2.55. The lowest BCUT2D eigenvalue weighted by Gasteiger charge is -2.43.